The fourth-order valence-corrected chi connectivity index (χ4v) is 2.52. The van der Waals surface area contributed by atoms with E-state index in [4.69, 9.17) is 12.3 Å². The van der Waals surface area contributed by atoms with Gasteiger partial charge in [0.05, 0.1) is 11.6 Å². The molecule has 0 radical (unpaired) electrons. The number of hydrogen-bond donors (Lipinski definition) is 2. The second-order valence-corrected chi connectivity index (χ2v) is 5.25. The molecule has 2 rings (SSSR count). The van der Waals surface area contributed by atoms with E-state index in [2.05, 4.69) is 10.2 Å². The van der Waals surface area contributed by atoms with Crippen LogP contribution in [0.2, 0.25) is 0 Å². The van der Waals surface area contributed by atoms with E-state index >= 15 is 0 Å². The highest BCUT2D eigenvalue weighted by atomic mass is 32.2. The summed E-state index contributed by atoms with van der Waals surface area (Å²) in [6, 6.07) is 17.8. The van der Waals surface area contributed by atoms with Crippen LogP contribution in [-0.2, 0) is 4.79 Å². The standard InChI is InChI=1S/C17H15N3OS/c1-19-15(16(18)21)17(22-2)20-14-10-6-9-13(11-14)12-7-4-3-5-8-12/h3-11,20H,2H3,(H2,18,21)/b17-15+. The van der Waals surface area contributed by atoms with E-state index in [-0.39, 0.29) is 5.70 Å². The Bertz CT molecular complexity index is 748. The lowest BCUT2D eigenvalue weighted by Gasteiger charge is -2.11. The van der Waals surface area contributed by atoms with E-state index in [0.29, 0.717) is 5.03 Å². The molecule has 0 unspecified atom stereocenters. The minimum Gasteiger partial charge on any atom is -0.375 e. The van der Waals surface area contributed by atoms with Gasteiger partial charge in [-0.1, -0.05) is 42.5 Å². The van der Waals surface area contributed by atoms with Crippen LogP contribution < -0.4 is 11.1 Å². The predicted molar refractivity (Wildman–Crippen MR) is 91.8 cm³/mol. The van der Waals surface area contributed by atoms with Crippen molar-refractivity contribution < 1.29 is 4.79 Å². The number of nitrogens with two attached hydrogens (primary N) is 1. The Morgan fingerprint density at radius 1 is 1.14 bits per heavy atom. The lowest BCUT2D eigenvalue weighted by molar-refractivity contribution is -0.114. The number of primary amides is 1. The number of anilines is 1. The number of carbonyl (C=O) groups is 1. The SMILES string of the molecule is [C-]#[N+]/C(C(N)=O)=C(\Nc1cccc(-c2ccccc2)c1)SC. The Hall–Kier alpha value is -2.71. The average molecular weight is 309 g/mol. The smallest absolute Gasteiger partial charge is 0.278 e. The van der Waals surface area contributed by atoms with E-state index in [1.165, 1.54) is 11.8 Å². The molecule has 22 heavy (non-hydrogen) atoms. The lowest BCUT2D eigenvalue weighted by atomic mass is 10.1. The molecule has 0 bridgehead atoms. The van der Waals surface area contributed by atoms with Crippen LogP contribution in [0.15, 0.2) is 65.3 Å². The van der Waals surface area contributed by atoms with Crippen molar-refractivity contribution in [1.82, 2.24) is 0 Å². The minimum atomic E-state index is -0.730. The third-order valence-electron chi connectivity index (χ3n) is 2.99. The number of amides is 1. The first-order valence-corrected chi connectivity index (χ1v) is 7.76. The molecular weight excluding hydrogens is 294 g/mol. The van der Waals surface area contributed by atoms with Crippen LogP contribution in [0.3, 0.4) is 0 Å². The number of carbonyl (C=O) groups excluding carboxylic acids is 1. The Kier molecular flexibility index (Phi) is 5.23. The normalized spacial score (nSPS) is 11.3. The Balaban J connectivity index is 2.35. The van der Waals surface area contributed by atoms with Gasteiger partial charge < -0.3 is 11.1 Å². The number of nitrogens with zero attached hydrogens (tertiary/aromatic N) is 1. The first-order valence-electron chi connectivity index (χ1n) is 6.53. The van der Waals surface area contributed by atoms with Gasteiger partial charge in [-0.2, -0.15) is 0 Å². The van der Waals surface area contributed by atoms with E-state index in [1.807, 2.05) is 54.6 Å². The molecule has 110 valence electrons. The fourth-order valence-electron chi connectivity index (χ4n) is 1.96. The van der Waals surface area contributed by atoms with Crippen molar-refractivity contribution in [2.75, 3.05) is 11.6 Å². The largest absolute Gasteiger partial charge is 0.375 e. The molecule has 0 heterocycles. The summed E-state index contributed by atoms with van der Waals surface area (Å²) in [7, 11) is 0. The number of rotatable bonds is 5. The molecule has 0 saturated carbocycles. The van der Waals surface area contributed by atoms with Crippen molar-refractivity contribution in [2.45, 2.75) is 0 Å². The van der Waals surface area contributed by atoms with Crippen molar-refractivity contribution in [2.24, 2.45) is 5.73 Å². The van der Waals surface area contributed by atoms with Gasteiger partial charge in [-0.3, -0.25) is 4.79 Å². The van der Waals surface area contributed by atoms with Crippen LogP contribution in [0, 0.1) is 6.57 Å². The second-order valence-electron chi connectivity index (χ2n) is 4.43. The molecule has 1 amide bonds. The lowest BCUT2D eigenvalue weighted by Crippen LogP contribution is -2.15. The molecule has 0 saturated heterocycles. The van der Waals surface area contributed by atoms with Crippen LogP contribution in [0.5, 0.6) is 0 Å². The van der Waals surface area contributed by atoms with Gasteiger partial charge in [0.25, 0.3) is 5.70 Å². The highest BCUT2D eigenvalue weighted by molar-refractivity contribution is 8.02. The summed E-state index contributed by atoms with van der Waals surface area (Å²) >= 11 is 1.28. The first-order chi connectivity index (χ1) is 10.7. The van der Waals surface area contributed by atoms with Crippen LogP contribution in [0.25, 0.3) is 16.0 Å². The molecule has 0 atom stereocenters. The summed E-state index contributed by atoms with van der Waals surface area (Å²) in [6.07, 6.45) is 1.79. The Morgan fingerprint density at radius 2 is 1.82 bits per heavy atom. The topological polar surface area (TPSA) is 59.5 Å². The van der Waals surface area contributed by atoms with Gasteiger partial charge in [0.1, 0.15) is 0 Å². The molecule has 2 aromatic rings. The van der Waals surface area contributed by atoms with Gasteiger partial charge in [-0.15, -0.1) is 11.8 Å². The number of benzene rings is 2. The maximum absolute atomic E-state index is 11.3. The first kappa shape index (κ1) is 15.7. The van der Waals surface area contributed by atoms with E-state index in [0.717, 1.165) is 16.8 Å². The van der Waals surface area contributed by atoms with Crippen molar-refractivity contribution in [1.29, 1.82) is 0 Å². The van der Waals surface area contributed by atoms with E-state index < -0.39 is 5.91 Å². The number of hydrogen-bond acceptors (Lipinski definition) is 3. The van der Waals surface area contributed by atoms with Gasteiger partial charge >= 0.3 is 0 Å². The number of nitrogens with one attached hydrogen (secondary N) is 1. The molecule has 5 heteroatoms. The van der Waals surface area contributed by atoms with Crippen molar-refractivity contribution in [3.8, 4) is 11.1 Å². The molecule has 0 aliphatic carbocycles. The zero-order valence-electron chi connectivity index (χ0n) is 12.0. The maximum Gasteiger partial charge on any atom is 0.278 e. The summed E-state index contributed by atoms with van der Waals surface area (Å²) in [4.78, 5) is 14.5. The number of thioether (sulfide) groups is 1. The van der Waals surface area contributed by atoms with Crippen LogP contribution in [0.1, 0.15) is 0 Å². The molecular formula is C17H15N3OS. The second kappa shape index (κ2) is 7.34. The third-order valence-corrected chi connectivity index (χ3v) is 3.70. The molecule has 0 aromatic heterocycles. The zero-order chi connectivity index (χ0) is 15.9. The highest BCUT2D eigenvalue weighted by Gasteiger charge is 2.12. The molecule has 4 nitrogen and oxygen atoms in total. The zero-order valence-corrected chi connectivity index (χ0v) is 12.9. The van der Waals surface area contributed by atoms with E-state index in [1.54, 1.807) is 6.26 Å². The monoisotopic (exact) mass is 309 g/mol. The quantitative estimate of drug-likeness (QED) is 0.654. The predicted octanol–water partition coefficient (Wildman–Crippen LogP) is 3.70. The van der Waals surface area contributed by atoms with Gasteiger partial charge in [0, 0.05) is 5.69 Å². The summed E-state index contributed by atoms with van der Waals surface area (Å²) < 4.78 is 0. The van der Waals surface area contributed by atoms with E-state index in [9.17, 15) is 4.79 Å². The minimum absolute atomic E-state index is 0.0855. The molecule has 0 aliphatic heterocycles. The fraction of sp³-hybridized carbons (Fsp3) is 0.0588. The van der Waals surface area contributed by atoms with Crippen molar-refractivity contribution in [3.63, 3.8) is 0 Å². The summed E-state index contributed by atoms with van der Waals surface area (Å²) in [5.41, 5.74) is 8.10. The van der Waals surface area contributed by atoms with Gasteiger partial charge in [-0.05, 0) is 29.5 Å². The summed E-state index contributed by atoms with van der Waals surface area (Å²) in [5, 5.41) is 3.55. The highest BCUT2D eigenvalue weighted by Crippen LogP contribution is 2.26. The molecule has 0 fully saturated rings. The Morgan fingerprint density at radius 3 is 2.41 bits per heavy atom. The molecule has 2 aromatic carbocycles. The van der Waals surface area contributed by atoms with Crippen molar-refractivity contribution >= 4 is 23.4 Å². The third kappa shape index (κ3) is 3.68. The average Bonchev–Trinajstić information content (AvgIpc) is 2.55. The van der Waals surface area contributed by atoms with Gasteiger partial charge in [-0.25, -0.2) is 4.85 Å². The maximum atomic E-state index is 11.3. The van der Waals surface area contributed by atoms with Crippen molar-refractivity contribution in [3.05, 3.63) is 76.7 Å². The molecule has 0 aliphatic rings. The van der Waals surface area contributed by atoms with Crippen LogP contribution >= 0.6 is 11.8 Å². The molecule has 3 N–H and O–H groups in total. The van der Waals surface area contributed by atoms with Gasteiger partial charge in [0.2, 0.25) is 5.91 Å². The Labute approximate surface area is 133 Å². The van der Waals surface area contributed by atoms with Gasteiger partial charge in [0.15, 0.2) is 0 Å². The van der Waals surface area contributed by atoms with Crippen LogP contribution in [-0.4, -0.2) is 12.2 Å². The summed E-state index contributed by atoms with van der Waals surface area (Å²) in [6.45, 7) is 7.08. The molecule has 0 spiro atoms. The summed E-state index contributed by atoms with van der Waals surface area (Å²) in [5.74, 6) is -0.730. The van der Waals surface area contributed by atoms with Crippen LogP contribution in [0.4, 0.5) is 5.69 Å².